The molecule has 0 aromatic heterocycles. The molecule has 2 aromatic rings. The molecule has 2 aromatic carbocycles. The first-order valence-electron chi connectivity index (χ1n) is 7.49. The summed E-state index contributed by atoms with van der Waals surface area (Å²) < 4.78 is 22.7. The molecule has 1 N–H and O–H groups in total. The van der Waals surface area contributed by atoms with Gasteiger partial charge in [-0.3, -0.25) is 4.79 Å². The Labute approximate surface area is 143 Å². The summed E-state index contributed by atoms with van der Waals surface area (Å²) in [6.07, 6.45) is 0. The molecule has 0 radical (unpaired) electrons. The number of ether oxygens (including phenoxy) is 2. The van der Waals surface area contributed by atoms with Crippen LogP contribution < -0.4 is 5.32 Å². The van der Waals surface area contributed by atoms with Crippen LogP contribution in [0.5, 0.6) is 0 Å². The van der Waals surface area contributed by atoms with E-state index in [0.717, 1.165) is 6.07 Å². The molecule has 0 atom stereocenters. The van der Waals surface area contributed by atoms with Gasteiger partial charge >= 0.3 is 11.9 Å². The summed E-state index contributed by atoms with van der Waals surface area (Å²) >= 11 is 0. The molecule has 2 rings (SSSR count). The zero-order valence-electron chi connectivity index (χ0n) is 13.5. The molecule has 1 amide bonds. The van der Waals surface area contributed by atoms with Crippen LogP contribution in [0.3, 0.4) is 0 Å². The van der Waals surface area contributed by atoms with E-state index in [1.807, 2.05) is 0 Å². The van der Waals surface area contributed by atoms with Crippen LogP contribution in [0.2, 0.25) is 0 Å². The van der Waals surface area contributed by atoms with Crippen LogP contribution in [0.25, 0.3) is 0 Å². The number of nitrogens with one attached hydrogen (secondary N) is 1. The highest BCUT2D eigenvalue weighted by atomic mass is 19.1. The van der Waals surface area contributed by atoms with Crippen molar-refractivity contribution in [1.82, 2.24) is 0 Å². The van der Waals surface area contributed by atoms with Crippen LogP contribution in [0.15, 0.2) is 48.5 Å². The molecule has 0 saturated heterocycles. The molecule has 6 nitrogen and oxygen atoms in total. The van der Waals surface area contributed by atoms with E-state index in [1.54, 1.807) is 6.92 Å². The maximum atomic E-state index is 13.0. The predicted molar refractivity (Wildman–Crippen MR) is 87.7 cm³/mol. The van der Waals surface area contributed by atoms with Gasteiger partial charge in [0.15, 0.2) is 6.61 Å². The summed E-state index contributed by atoms with van der Waals surface area (Å²) in [7, 11) is 0. The fourth-order valence-corrected chi connectivity index (χ4v) is 1.93. The third kappa shape index (κ3) is 5.42. The van der Waals surface area contributed by atoms with Gasteiger partial charge in [-0.15, -0.1) is 0 Å². The molecule has 0 bridgehead atoms. The second kappa shape index (κ2) is 8.58. The van der Waals surface area contributed by atoms with Crippen molar-refractivity contribution in [1.29, 1.82) is 0 Å². The lowest BCUT2D eigenvalue weighted by molar-refractivity contribution is -0.119. The number of anilines is 1. The molecule has 25 heavy (non-hydrogen) atoms. The lowest BCUT2D eigenvalue weighted by Crippen LogP contribution is -2.21. The van der Waals surface area contributed by atoms with Gasteiger partial charge < -0.3 is 14.8 Å². The summed E-state index contributed by atoms with van der Waals surface area (Å²) in [4.78, 5) is 35.0. The molecule has 0 spiro atoms. The van der Waals surface area contributed by atoms with Crippen molar-refractivity contribution in [2.75, 3.05) is 18.5 Å². The topological polar surface area (TPSA) is 81.7 Å². The van der Waals surface area contributed by atoms with Crippen molar-refractivity contribution in [3.63, 3.8) is 0 Å². The number of rotatable bonds is 6. The fraction of sp³-hybridized carbons (Fsp3) is 0.167. The minimum atomic E-state index is -0.799. The Morgan fingerprint density at radius 3 is 2.28 bits per heavy atom. The van der Waals surface area contributed by atoms with Crippen LogP contribution in [0.4, 0.5) is 10.1 Å². The van der Waals surface area contributed by atoms with Gasteiger partial charge in [-0.05, 0) is 49.4 Å². The van der Waals surface area contributed by atoms with Gasteiger partial charge in [-0.1, -0.05) is 6.07 Å². The van der Waals surface area contributed by atoms with Crippen molar-refractivity contribution in [3.05, 3.63) is 65.5 Å². The third-order valence-corrected chi connectivity index (χ3v) is 3.07. The highest BCUT2D eigenvalue weighted by Crippen LogP contribution is 2.11. The Morgan fingerprint density at radius 1 is 0.960 bits per heavy atom. The summed E-state index contributed by atoms with van der Waals surface area (Å²) in [5.41, 5.74) is 0.809. The smallest absolute Gasteiger partial charge is 0.338 e. The average Bonchev–Trinajstić information content (AvgIpc) is 2.60. The van der Waals surface area contributed by atoms with Crippen molar-refractivity contribution >= 4 is 23.5 Å². The second-order valence-electron chi connectivity index (χ2n) is 4.93. The van der Waals surface area contributed by atoms with E-state index in [-0.39, 0.29) is 12.2 Å². The average molecular weight is 345 g/mol. The molecule has 0 heterocycles. The molecule has 0 aliphatic heterocycles. The van der Waals surface area contributed by atoms with Crippen LogP contribution in [0, 0.1) is 5.82 Å². The maximum Gasteiger partial charge on any atom is 0.338 e. The van der Waals surface area contributed by atoms with Crippen molar-refractivity contribution in [3.8, 4) is 0 Å². The number of halogens is 1. The Bertz CT molecular complexity index is 773. The largest absolute Gasteiger partial charge is 0.462 e. The summed E-state index contributed by atoms with van der Waals surface area (Å²) in [5, 5.41) is 2.52. The zero-order valence-corrected chi connectivity index (χ0v) is 13.5. The molecule has 0 fully saturated rings. The highest BCUT2D eigenvalue weighted by molar-refractivity contribution is 5.96. The summed E-state index contributed by atoms with van der Waals surface area (Å²) in [5.74, 6) is -2.38. The Hall–Kier alpha value is -3.22. The Kier molecular flexibility index (Phi) is 6.22. The molecular weight excluding hydrogens is 329 g/mol. The van der Waals surface area contributed by atoms with Gasteiger partial charge in [0.2, 0.25) is 0 Å². The second-order valence-corrected chi connectivity index (χ2v) is 4.93. The number of esters is 2. The molecule has 130 valence electrons. The number of amides is 1. The number of hydrogen-bond acceptors (Lipinski definition) is 5. The van der Waals surface area contributed by atoms with Gasteiger partial charge in [-0.25, -0.2) is 14.0 Å². The molecular formula is C18H16FNO5. The van der Waals surface area contributed by atoms with E-state index in [4.69, 9.17) is 9.47 Å². The molecule has 0 unspecified atom stereocenters. The minimum Gasteiger partial charge on any atom is -0.462 e. The molecule has 7 heteroatoms. The standard InChI is InChI=1S/C18H16FNO5/c1-2-24-17(22)12-6-8-15(9-7-12)20-16(21)11-25-18(23)13-4-3-5-14(19)10-13/h3-10H,2,11H2,1H3,(H,20,21). The monoisotopic (exact) mass is 345 g/mol. The first kappa shape index (κ1) is 18.1. The summed E-state index contributed by atoms with van der Waals surface area (Å²) in [6, 6.07) is 11.0. The first-order chi connectivity index (χ1) is 12.0. The SMILES string of the molecule is CCOC(=O)c1ccc(NC(=O)COC(=O)c2cccc(F)c2)cc1. The normalized spacial score (nSPS) is 10.0. The summed E-state index contributed by atoms with van der Waals surface area (Å²) in [6.45, 7) is 1.46. The predicted octanol–water partition coefficient (Wildman–Crippen LogP) is 2.80. The molecule has 0 aliphatic carbocycles. The van der Waals surface area contributed by atoms with E-state index < -0.39 is 30.3 Å². The van der Waals surface area contributed by atoms with Crippen molar-refractivity contribution < 1.29 is 28.2 Å². The quantitative estimate of drug-likeness (QED) is 0.814. The number of carbonyl (C=O) groups excluding carboxylic acids is 3. The number of benzene rings is 2. The van der Waals surface area contributed by atoms with Crippen molar-refractivity contribution in [2.45, 2.75) is 6.92 Å². The van der Waals surface area contributed by atoms with Crippen LogP contribution in [0.1, 0.15) is 27.6 Å². The molecule has 0 saturated carbocycles. The minimum absolute atomic E-state index is 0.0200. The lowest BCUT2D eigenvalue weighted by Gasteiger charge is -2.07. The van der Waals surface area contributed by atoms with Crippen LogP contribution in [-0.2, 0) is 14.3 Å². The van der Waals surface area contributed by atoms with E-state index in [1.165, 1.54) is 42.5 Å². The van der Waals surface area contributed by atoms with Gasteiger partial charge in [0.1, 0.15) is 5.82 Å². The van der Waals surface area contributed by atoms with Gasteiger partial charge in [0.25, 0.3) is 5.91 Å². The Morgan fingerprint density at radius 2 is 1.64 bits per heavy atom. The van der Waals surface area contributed by atoms with Gasteiger partial charge in [-0.2, -0.15) is 0 Å². The zero-order chi connectivity index (χ0) is 18.2. The lowest BCUT2D eigenvalue weighted by atomic mass is 10.2. The van der Waals surface area contributed by atoms with Crippen LogP contribution >= 0.6 is 0 Å². The van der Waals surface area contributed by atoms with Crippen molar-refractivity contribution in [2.24, 2.45) is 0 Å². The Balaban J connectivity index is 1.86. The fourth-order valence-electron chi connectivity index (χ4n) is 1.93. The van der Waals surface area contributed by atoms with E-state index in [9.17, 15) is 18.8 Å². The number of hydrogen-bond donors (Lipinski definition) is 1. The number of carbonyl (C=O) groups is 3. The van der Waals surface area contributed by atoms with Gasteiger partial charge in [0, 0.05) is 5.69 Å². The first-order valence-corrected chi connectivity index (χ1v) is 7.49. The highest BCUT2D eigenvalue weighted by Gasteiger charge is 2.11. The van der Waals surface area contributed by atoms with E-state index >= 15 is 0 Å². The van der Waals surface area contributed by atoms with Gasteiger partial charge in [0.05, 0.1) is 17.7 Å². The molecule has 0 aliphatic rings. The maximum absolute atomic E-state index is 13.0. The van der Waals surface area contributed by atoms with E-state index in [0.29, 0.717) is 11.3 Å². The van der Waals surface area contributed by atoms with Crippen LogP contribution in [-0.4, -0.2) is 31.1 Å². The van der Waals surface area contributed by atoms with E-state index in [2.05, 4.69) is 5.32 Å². The third-order valence-electron chi connectivity index (χ3n) is 3.07.